The van der Waals surface area contributed by atoms with Crippen LogP contribution < -0.4 is 4.74 Å². The molecule has 2 aromatic carbocycles. The first kappa shape index (κ1) is 15.2. The predicted octanol–water partition coefficient (Wildman–Crippen LogP) is 2.11. The van der Waals surface area contributed by atoms with Gasteiger partial charge in [-0.25, -0.2) is 5.01 Å². The standard InChI is InChI=1S/C16H15N3O3S/c1-19(17-11-12-7-9-13(22-2)10-8-12)16-14-5-3-4-6-15(14)23(20,21)18-16/h3-11H,1-2H3/b17-11-. The highest BCUT2D eigenvalue weighted by atomic mass is 32.2. The number of hydrogen-bond donors (Lipinski definition) is 0. The molecule has 0 spiro atoms. The Labute approximate surface area is 134 Å². The molecule has 1 aliphatic heterocycles. The van der Waals surface area contributed by atoms with Crippen LogP contribution in [0.15, 0.2) is 62.9 Å². The molecule has 118 valence electrons. The third kappa shape index (κ3) is 2.95. The quantitative estimate of drug-likeness (QED) is 0.639. The highest BCUT2D eigenvalue weighted by molar-refractivity contribution is 7.90. The van der Waals surface area contributed by atoms with Gasteiger partial charge in [0, 0.05) is 12.6 Å². The zero-order chi connectivity index (χ0) is 16.4. The Morgan fingerprint density at radius 2 is 1.83 bits per heavy atom. The third-order valence-electron chi connectivity index (χ3n) is 3.41. The van der Waals surface area contributed by atoms with Crippen LogP contribution in [0.5, 0.6) is 5.75 Å². The molecule has 0 aliphatic carbocycles. The summed E-state index contributed by atoms with van der Waals surface area (Å²) in [6, 6.07) is 14.1. The van der Waals surface area contributed by atoms with Crippen LogP contribution in [0.4, 0.5) is 0 Å². The Balaban J connectivity index is 1.86. The molecule has 0 amide bonds. The van der Waals surface area contributed by atoms with Gasteiger partial charge in [0.05, 0.1) is 13.3 Å². The molecule has 2 aromatic rings. The van der Waals surface area contributed by atoms with Gasteiger partial charge in [-0.2, -0.15) is 13.5 Å². The minimum Gasteiger partial charge on any atom is -0.497 e. The van der Waals surface area contributed by atoms with Crippen molar-refractivity contribution >= 4 is 22.1 Å². The summed E-state index contributed by atoms with van der Waals surface area (Å²) in [6.45, 7) is 0. The van der Waals surface area contributed by atoms with E-state index < -0.39 is 10.0 Å². The molecule has 0 radical (unpaired) electrons. The van der Waals surface area contributed by atoms with Crippen LogP contribution in [0.3, 0.4) is 0 Å². The topological polar surface area (TPSA) is 71.3 Å². The molecule has 0 atom stereocenters. The van der Waals surface area contributed by atoms with Crippen LogP contribution in [-0.4, -0.2) is 39.6 Å². The monoisotopic (exact) mass is 329 g/mol. The number of ether oxygens (including phenoxy) is 1. The van der Waals surface area contributed by atoms with Crippen molar-refractivity contribution in [1.82, 2.24) is 5.01 Å². The molecule has 0 unspecified atom stereocenters. The molecule has 0 saturated carbocycles. The summed E-state index contributed by atoms with van der Waals surface area (Å²) in [5.74, 6) is 1.07. The van der Waals surface area contributed by atoms with Crippen LogP contribution in [-0.2, 0) is 10.0 Å². The first-order valence-corrected chi connectivity index (χ1v) is 8.31. The van der Waals surface area contributed by atoms with Gasteiger partial charge < -0.3 is 4.74 Å². The van der Waals surface area contributed by atoms with E-state index >= 15 is 0 Å². The summed E-state index contributed by atoms with van der Waals surface area (Å²) in [4.78, 5) is 0.210. The molecule has 1 aliphatic rings. The lowest BCUT2D eigenvalue weighted by Crippen LogP contribution is -2.21. The van der Waals surface area contributed by atoms with Crippen molar-refractivity contribution in [2.45, 2.75) is 4.90 Å². The van der Waals surface area contributed by atoms with E-state index in [0.29, 0.717) is 11.4 Å². The third-order valence-corrected chi connectivity index (χ3v) is 4.74. The van der Waals surface area contributed by atoms with Crippen LogP contribution >= 0.6 is 0 Å². The zero-order valence-electron chi connectivity index (χ0n) is 12.7. The summed E-state index contributed by atoms with van der Waals surface area (Å²) in [5.41, 5.74) is 1.43. The Kier molecular flexibility index (Phi) is 3.87. The Morgan fingerprint density at radius 3 is 2.52 bits per heavy atom. The molecule has 3 rings (SSSR count). The largest absolute Gasteiger partial charge is 0.497 e. The molecular formula is C16H15N3O3S. The zero-order valence-corrected chi connectivity index (χ0v) is 13.5. The van der Waals surface area contributed by atoms with Gasteiger partial charge in [-0.3, -0.25) is 0 Å². The van der Waals surface area contributed by atoms with Crippen LogP contribution in [0.2, 0.25) is 0 Å². The fourth-order valence-electron chi connectivity index (χ4n) is 2.22. The van der Waals surface area contributed by atoms with Crippen molar-refractivity contribution in [3.05, 3.63) is 59.7 Å². The summed E-state index contributed by atoms with van der Waals surface area (Å²) in [6.07, 6.45) is 1.63. The van der Waals surface area contributed by atoms with Crippen molar-refractivity contribution < 1.29 is 13.2 Å². The van der Waals surface area contributed by atoms with Gasteiger partial charge in [0.2, 0.25) is 0 Å². The van der Waals surface area contributed by atoms with E-state index in [4.69, 9.17) is 4.74 Å². The average molecular weight is 329 g/mol. The summed E-state index contributed by atoms with van der Waals surface area (Å²) in [5, 5.41) is 5.72. The Bertz CT molecular complexity index is 887. The number of amidine groups is 1. The van der Waals surface area contributed by atoms with Gasteiger partial charge in [-0.05, 0) is 42.0 Å². The maximum absolute atomic E-state index is 12.0. The Hall–Kier alpha value is -2.67. The van der Waals surface area contributed by atoms with E-state index in [-0.39, 0.29) is 4.90 Å². The summed E-state index contributed by atoms with van der Waals surface area (Å²) in [7, 11) is -0.369. The number of hydrazone groups is 1. The minimum atomic E-state index is -3.64. The highest BCUT2D eigenvalue weighted by Crippen LogP contribution is 2.26. The molecule has 23 heavy (non-hydrogen) atoms. The van der Waals surface area contributed by atoms with Crippen molar-refractivity contribution in [3.63, 3.8) is 0 Å². The van der Waals surface area contributed by atoms with E-state index in [2.05, 4.69) is 9.50 Å². The minimum absolute atomic E-state index is 0.210. The number of hydrogen-bond acceptors (Lipinski definition) is 5. The molecule has 0 bridgehead atoms. The van der Waals surface area contributed by atoms with Gasteiger partial charge in [0.25, 0.3) is 10.0 Å². The van der Waals surface area contributed by atoms with Gasteiger partial charge in [0.15, 0.2) is 5.84 Å². The SMILES string of the molecule is COc1ccc(/C=N\N(C)C2=NS(=O)(=O)c3ccccc32)cc1. The number of fused-ring (bicyclic) bond motifs is 1. The van der Waals surface area contributed by atoms with Crippen molar-refractivity contribution in [3.8, 4) is 5.75 Å². The van der Waals surface area contributed by atoms with Crippen LogP contribution in [0.25, 0.3) is 0 Å². The molecule has 6 nitrogen and oxygen atoms in total. The van der Waals surface area contributed by atoms with E-state index in [1.807, 2.05) is 24.3 Å². The maximum Gasteiger partial charge on any atom is 0.285 e. The second-order valence-electron chi connectivity index (χ2n) is 4.93. The normalized spacial score (nSPS) is 15.3. The molecule has 0 N–H and O–H groups in total. The fraction of sp³-hybridized carbons (Fsp3) is 0.125. The molecule has 0 saturated heterocycles. The first-order valence-electron chi connectivity index (χ1n) is 6.87. The van der Waals surface area contributed by atoms with Gasteiger partial charge >= 0.3 is 0 Å². The van der Waals surface area contributed by atoms with Crippen molar-refractivity contribution in [2.75, 3.05) is 14.2 Å². The lowest BCUT2D eigenvalue weighted by molar-refractivity contribution is 0.415. The molecular weight excluding hydrogens is 314 g/mol. The first-order chi connectivity index (χ1) is 11.0. The fourth-order valence-corrected chi connectivity index (χ4v) is 3.45. The van der Waals surface area contributed by atoms with Crippen LogP contribution in [0, 0.1) is 0 Å². The maximum atomic E-state index is 12.0. The van der Waals surface area contributed by atoms with Gasteiger partial charge in [-0.15, -0.1) is 4.40 Å². The highest BCUT2D eigenvalue weighted by Gasteiger charge is 2.30. The van der Waals surface area contributed by atoms with Crippen molar-refractivity contribution in [1.29, 1.82) is 0 Å². The number of benzene rings is 2. The average Bonchev–Trinajstić information content (AvgIpc) is 2.85. The van der Waals surface area contributed by atoms with Crippen LogP contribution in [0.1, 0.15) is 11.1 Å². The second-order valence-corrected chi connectivity index (χ2v) is 6.50. The number of rotatable bonds is 3. The molecule has 7 heteroatoms. The van der Waals surface area contributed by atoms with Gasteiger partial charge in [-0.1, -0.05) is 12.1 Å². The van der Waals surface area contributed by atoms with E-state index in [0.717, 1.165) is 11.3 Å². The second kappa shape index (κ2) is 5.85. The lowest BCUT2D eigenvalue weighted by Gasteiger charge is -2.12. The molecule has 1 heterocycles. The molecule has 0 fully saturated rings. The summed E-state index contributed by atoms with van der Waals surface area (Å²) < 4.78 is 33.0. The Morgan fingerprint density at radius 1 is 1.13 bits per heavy atom. The number of nitrogens with zero attached hydrogens (tertiary/aromatic N) is 3. The van der Waals surface area contributed by atoms with E-state index in [1.165, 1.54) is 5.01 Å². The van der Waals surface area contributed by atoms with E-state index in [9.17, 15) is 8.42 Å². The smallest absolute Gasteiger partial charge is 0.285 e. The van der Waals surface area contributed by atoms with Crippen molar-refractivity contribution in [2.24, 2.45) is 9.50 Å². The van der Waals surface area contributed by atoms with Gasteiger partial charge in [0.1, 0.15) is 10.6 Å². The lowest BCUT2D eigenvalue weighted by atomic mass is 10.2. The number of methoxy groups -OCH3 is 1. The summed E-state index contributed by atoms with van der Waals surface area (Å²) >= 11 is 0. The number of sulfonamides is 1. The molecule has 0 aromatic heterocycles. The predicted molar refractivity (Wildman–Crippen MR) is 88.5 cm³/mol. The van der Waals surface area contributed by atoms with E-state index in [1.54, 1.807) is 44.6 Å².